The highest BCUT2D eigenvalue weighted by Crippen LogP contribution is 2.28. The summed E-state index contributed by atoms with van der Waals surface area (Å²) in [6.45, 7) is 5.60. The predicted molar refractivity (Wildman–Crippen MR) is 89.4 cm³/mol. The minimum atomic E-state index is 0.480. The molecule has 3 nitrogen and oxygen atoms in total. The lowest BCUT2D eigenvalue weighted by molar-refractivity contribution is 0.0970. The number of ether oxygens (including phenoxy) is 1. The van der Waals surface area contributed by atoms with Crippen LogP contribution in [0, 0.1) is 5.92 Å². The Kier molecular flexibility index (Phi) is 6.62. The van der Waals surface area contributed by atoms with Crippen LogP contribution in [0.15, 0.2) is 18.2 Å². The van der Waals surface area contributed by atoms with Crippen LogP contribution in [0.25, 0.3) is 0 Å². The van der Waals surface area contributed by atoms with Gasteiger partial charge in [-0.2, -0.15) is 0 Å². The molecule has 0 aromatic heterocycles. The molecule has 0 radical (unpaired) electrons. The molecule has 2 rings (SSSR count). The Hall–Kier alpha value is -0.480. The number of likely N-dealkylation sites (tertiary alicyclic amines) is 1. The zero-order valence-electron chi connectivity index (χ0n) is 12.5. The lowest BCUT2D eigenvalue weighted by atomic mass is 9.89. The van der Waals surface area contributed by atoms with Crippen LogP contribution in [0.5, 0.6) is 5.75 Å². The first kappa shape index (κ1) is 16.9. The van der Waals surface area contributed by atoms with Crippen molar-refractivity contribution >= 4 is 23.2 Å². The van der Waals surface area contributed by atoms with E-state index in [1.165, 1.54) is 19.3 Å². The Labute approximate surface area is 137 Å². The van der Waals surface area contributed by atoms with Gasteiger partial charge in [0, 0.05) is 24.2 Å². The first-order valence-electron chi connectivity index (χ1n) is 7.66. The molecule has 118 valence electrons. The summed E-state index contributed by atoms with van der Waals surface area (Å²) in [5.74, 6) is 1.51. The molecule has 1 aromatic rings. The second-order valence-corrected chi connectivity index (χ2v) is 6.49. The summed E-state index contributed by atoms with van der Waals surface area (Å²) < 4.78 is 5.77. The molecule has 2 atom stereocenters. The summed E-state index contributed by atoms with van der Waals surface area (Å²) in [6, 6.07) is 5.79. The molecule has 0 bridgehead atoms. The summed E-state index contributed by atoms with van der Waals surface area (Å²) in [4.78, 5) is 2.44. The van der Waals surface area contributed by atoms with E-state index < -0.39 is 0 Å². The van der Waals surface area contributed by atoms with Gasteiger partial charge in [-0.15, -0.1) is 0 Å². The van der Waals surface area contributed by atoms with Crippen molar-refractivity contribution in [2.45, 2.75) is 32.2 Å². The molecule has 2 unspecified atom stereocenters. The number of piperidine rings is 1. The van der Waals surface area contributed by atoms with Gasteiger partial charge in [0.15, 0.2) is 0 Å². The van der Waals surface area contributed by atoms with E-state index >= 15 is 0 Å². The van der Waals surface area contributed by atoms with Crippen molar-refractivity contribution in [1.82, 2.24) is 4.90 Å². The summed E-state index contributed by atoms with van der Waals surface area (Å²) in [6.07, 6.45) is 3.71. The molecule has 0 aliphatic carbocycles. The Bertz CT molecular complexity index is 456. The molecule has 1 fully saturated rings. The third kappa shape index (κ3) is 4.75. The molecule has 1 aromatic carbocycles. The molecule has 5 heteroatoms. The normalized spacial score (nSPS) is 23.2. The van der Waals surface area contributed by atoms with Crippen molar-refractivity contribution in [2.24, 2.45) is 11.7 Å². The standard InChI is InChI=1S/C16H24Cl2N2O/c1-2-12-5-6-20(14(9-12)11-19)7-8-21-16-4-3-13(17)10-15(16)18/h3-4,10,12,14H,2,5-9,11,19H2,1H3. The summed E-state index contributed by atoms with van der Waals surface area (Å²) in [5, 5.41) is 1.18. The number of hydrogen-bond donors (Lipinski definition) is 1. The molecule has 1 heterocycles. The van der Waals surface area contributed by atoms with E-state index in [2.05, 4.69) is 11.8 Å². The van der Waals surface area contributed by atoms with Crippen LogP contribution in [0.3, 0.4) is 0 Å². The van der Waals surface area contributed by atoms with E-state index in [-0.39, 0.29) is 0 Å². The van der Waals surface area contributed by atoms with Crippen LogP contribution < -0.4 is 10.5 Å². The van der Waals surface area contributed by atoms with Crippen molar-refractivity contribution in [2.75, 3.05) is 26.2 Å². The van der Waals surface area contributed by atoms with Gasteiger partial charge < -0.3 is 10.5 Å². The van der Waals surface area contributed by atoms with Crippen LogP contribution in [-0.4, -0.2) is 37.2 Å². The Morgan fingerprint density at radius 3 is 2.86 bits per heavy atom. The van der Waals surface area contributed by atoms with Crippen LogP contribution >= 0.6 is 23.2 Å². The minimum absolute atomic E-state index is 0.480. The Morgan fingerprint density at radius 1 is 1.38 bits per heavy atom. The van der Waals surface area contributed by atoms with E-state index in [1.807, 2.05) is 6.07 Å². The van der Waals surface area contributed by atoms with E-state index in [0.717, 1.165) is 25.6 Å². The van der Waals surface area contributed by atoms with Crippen LogP contribution in [0.1, 0.15) is 26.2 Å². The first-order valence-corrected chi connectivity index (χ1v) is 8.41. The average molecular weight is 331 g/mol. The maximum Gasteiger partial charge on any atom is 0.138 e. The predicted octanol–water partition coefficient (Wildman–Crippen LogP) is 3.82. The highest BCUT2D eigenvalue weighted by atomic mass is 35.5. The SMILES string of the molecule is CCC1CCN(CCOc2ccc(Cl)cc2Cl)C(CN)C1. The van der Waals surface area contributed by atoms with Crippen molar-refractivity contribution in [1.29, 1.82) is 0 Å². The van der Waals surface area contributed by atoms with E-state index in [4.69, 9.17) is 33.7 Å². The number of hydrogen-bond acceptors (Lipinski definition) is 3. The Balaban J connectivity index is 1.82. The molecule has 21 heavy (non-hydrogen) atoms. The topological polar surface area (TPSA) is 38.5 Å². The first-order chi connectivity index (χ1) is 10.1. The molecule has 1 saturated heterocycles. The number of benzene rings is 1. The fourth-order valence-electron chi connectivity index (χ4n) is 2.96. The molecular weight excluding hydrogens is 307 g/mol. The molecule has 1 aliphatic rings. The molecule has 0 saturated carbocycles. The van der Waals surface area contributed by atoms with Gasteiger partial charge in [-0.05, 0) is 43.5 Å². The van der Waals surface area contributed by atoms with Crippen molar-refractivity contribution in [3.63, 3.8) is 0 Å². The van der Waals surface area contributed by atoms with Crippen LogP contribution in [0.4, 0.5) is 0 Å². The van der Waals surface area contributed by atoms with Gasteiger partial charge in [-0.25, -0.2) is 0 Å². The molecule has 2 N–H and O–H groups in total. The maximum atomic E-state index is 6.10. The highest BCUT2D eigenvalue weighted by Gasteiger charge is 2.26. The van der Waals surface area contributed by atoms with Gasteiger partial charge in [0.05, 0.1) is 5.02 Å². The smallest absolute Gasteiger partial charge is 0.138 e. The second kappa shape index (κ2) is 8.23. The lowest BCUT2D eigenvalue weighted by Crippen LogP contribution is -2.48. The second-order valence-electron chi connectivity index (χ2n) is 5.65. The summed E-state index contributed by atoms with van der Waals surface area (Å²) in [5.41, 5.74) is 5.92. The average Bonchev–Trinajstić information content (AvgIpc) is 2.49. The van der Waals surface area contributed by atoms with Gasteiger partial charge in [0.1, 0.15) is 12.4 Å². The van der Waals surface area contributed by atoms with Gasteiger partial charge >= 0.3 is 0 Å². The van der Waals surface area contributed by atoms with E-state index in [1.54, 1.807) is 12.1 Å². The summed E-state index contributed by atoms with van der Waals surface area (Å²) in [7, 11) is 0. The lowest BCUT2D eigenvalue weighted by Gasteiger charge is -2.38. The Morgan fingerprint density at radius 2 is 2.19 bits per heavy atom. The maximum absolute atomic E-state index is 6.10. The molecule has 1 aliphatic heterocycles. The monoisotopic (exact) mass is 330 g/mol. The fourth-order valence-corrected chi connectivity index (χ4v) is 3.42. The van der Waals surface area contributed by atoms with Crippen molar-refractivity contribution in [3.05, 3.63) is 28.2 Å². The van der Waals surface area contributed by atoms with E-state index in [0.29, 0.717) is 28.4 Å². The fraction of sp³-hybridized carbons (Fsp3) is 0.625. The van der Waals surface area contributed by atoms with Gasteiger partial charge in [0.2, 0.25) is 0 Å². The zero-order valence-corrected chi connectivity index (χ0v) is 14.0. The number of rotatable bonds is 6. The van der Waals surface area contributed by atoms with Gasteiger partial charge in [0.25, 0.3) is 0 Å². The van der Waals surface area contributed by atoms with E-state index in [9.17, 15) is 0 Å². The highest BCUT2D eigenvalue weighted by molar-refractivity contribution is 6.35. The molecular formula is C16H24Cl2N2O. The van der Waals surface area contributed by atoms with Crippen LogP contribution in [0.2, 0.25) is 10.0 Å². The van der Waals surface area contributed by atoms with Gasteiger partial charge in [-0.1, -0.05) is 36.5 Å². The molecule has 0 spiro atoms. The number of nitrogens with zero attached hydrogens (tertiary/aromatic N) is 1. The number of nitrogens with two attached hydrogens (primary N) is 1. The number of halogens is 2. The van der Waals surface area contributed by atoms with Crippen molar-refractivity contribution in [3.8, 4) is 5.75 Å². The third-order valence-corrected chi connectivity index (χ3v) is 4.86. The molecule has 0 amide bonds. The van der Waals surface area contributed by atoms with Crippen LogP contribution in [-0.2, 0) is 0 Å². The largest absolute Gasteiger partial charge is 0.491 e. The summed E-state index contributed by atoms with van der Waals surface area (Å²) >= 11 is 12.0. The third-order valence-electron chi connectivity index (χ3n) is 4.33. The zero-order chi connectivity index (χ0) is 15.2. The minimum Gasteiger partial charge on any atom is -0.491 e. The van der Waals surface area contributed by atoms with Crippen molar-refractivity contribution < 1.29 is 4.74 Å². The van der Waals surface area contributed by atoms with Gasteiger partial charge in [-0.3, -0.25) is 4.90 Å². The quantitative estimate of drug-likeness (QED) is 0.861.